The summed E-state index contributed by atoms with van der Waals surface area (Å²) in [5, 5.41) is 10.6. The van der Waals surface area contributed by atoms with Crippen LogP contribution in [-0.4, -0.2) is 44.0 Å². The van der Waals surface area contributed by atoms with E-state index in [-0.39, 0.29) is 11.4 Å². The van der Waals surface area contributed by atoms with Crippen molar-refractivity contribution in [1.82, 2.24) is 25.0 Å². The standard InChI is InChI=1S/C21H16F3N7O/c22-14-3-13-17(4-15(14)23)25-6-18(13)27-21(32)19-9-31(29-28-19)12-2-16(24)20(26-5-12)30-7-10-1-11(10)8-30/h2-6,9-11,25H,1,7-8H2,(H,27,32). The molecule has 2 atom stereocenters. The lowest BCUT2D eigenvalue weighted by Crippen LogP contribution is -2.24. The van der Waals surface area contributed by atoms with Gasteiger partial charge >= 0.3 is 0 Å². The van der Waals surface area contributed by atoms with Crippen molar-refractivity contribution in [3.63, 3.8) is 0 Å². The Kier molecular flexibility index (Phi) is 4.01. The SMILES string of the molecule is O=C(Nc1c[nH]c2cc(F)c(F)cc12)c1cn(-c2cnc(N3CC4CC4C3)c(F)c2)nn1. The number of halogens is 3. The molecule has 1 aliphatic heterocycles. The number of anilines is 2. The van der Waals surface area contributed by atoms with Gasteiger partial charge in [-0.15, -0.1) is 5.10 Å². The van der Waals surface area contributed by atoms with Crippen molar-refractivity contribution in [2.75, 3.05) is 23.3 Å². The molecule has 2 unspecified atom stereocenters. The van der Waals surface area contributed by atoms with E-state index >= 15 is 0 Å². The Morgan fingerprint density at radius 3 is 2.66 bits per heavy atom. The third-order valence-corrected chi connectivity index (χ3v) is 6.05. The van der Waals surface area contributed by atoms with Crippen molar-refractivity contribution in [3.8, 4) is 5.69 Å². The zero-order valence-electron chi connectivity index (χ0n) is 16.5. The summed E-state index contributed by atoms with van der Waals surface area (Å²) in [5.41, 5.74) is 0.886. The molecule has 1 aliphatic carbocycles. The minimum atomic E-state index is -1.03. The second kappa shape index (κ2) is 6.81. The van der Waals surface area contributed by atoms with Crippen LogP contribution in [0.5, 0.6) is 0 Å². The summed E-state index contributed by atoms with van der Waals surface area (Å²) in [4.78, 5) is 21.5. The van der Waals surface area contributed by atoms with Gasteiger partial charge in [0.25, 0.3) is 5.91 Å². The number of rotatable bonds is 4. The van der Waals surface area contributed by atoms with E-state index in [1.165, 1.54) is 35.8 Å². The van der Waals surface area contributed by atoms with E-state index in [0.717, 1.165) is 25.2 Å². The zero-order valence-corrected chi connectivity index (χ0v) is 16.5. The number of hydrogen-bond acceptors (Lipinski definition) is 5. The van der Waals surface area contributed by atoms with E-state index in [1.807, 2.05) is 4.90 Å². The second-order valence-electron chi connectivity index (χ2n) is 8.18. The van der Waals surface area contributed by atoms with Crippen molar-refractivity contribution < 1.29 is 18.0 Å². The Bertz CT molecular complexity index is 1370. The number of hydrogen-bond donors (Lipinski definition) is 2. The van der Waals surface area contributed by atoms with Gasteiger partial charge in [0.15, 0.2) is 29.0 Å². The highest BCUT2D eigenvalue weighted by atomic mass is 19.2. The van der Waals surface area contributed by atoms with Crippen LogP contribution in [-0.2, 0) is 0 Å². The van der Waals surface area contributed by atoms with Crippen LogP contribution < -0.4 is 10.2 Å². The third kappa shape index (κ3) is 3.08. The van der Waals surface area contributed by atoms with Crippen molar-refractivity contribution in [1.29, 1.82) is 0 Å². The van der Waals surface area contributed by atoms with Gasteiger partial charge in [-0.25, -0.2) is 22.8 Å². The molecule has 1 saturated heterocycles. The average molecular weight is 439 g/mol. The van der Waals surface area contributed by atoms with Gasteiger partial charge in [0, 0.05) is 36.8 Å². The highest BCUT2D eigenvalue weighted by Crippen LogP contribution is 2.46. The molecule has 6 rings (SSSR count). The van der Waals surface area contributed by atoms with Crippen LogP contribution in [0.25, 0.3) is 16.6 Å². The van der Waals surface area contributed by atoms with Crippen LogP contribution in [0.4, 0.5) is 24.7 Å². The molecule has 2 aliphatic rings. The minimum absolute atomic E-state index is 0.0361. The van der Waals surface area contributed by atoms with Crippen LogP contribution in [0.1, 0.15) is 16.9 Å². The first-order valence-electron chi connectivity index (χ1n) is 10.1. The third-order valence-electron chi connectivity index (χ3n) is 6.05. The molecule has 0 radical (unpaired) electrons. The van der Waals surface area contributed by atoms with E-state index in [4.69, 9.17) is 0 Å². The maximum atomic E-state index is 14.7. The number of aromatic nitrogens is 5. The van der Waals surface area contributed by atoms with Crippen molar-refractivity contribution in [3.05, 3.63) is 59.9 Å². The molecular weight excluding hydrogens is 423 g/mol. The highest BCUT2D eigenvalue weighted by Gasteiger charge is 2.46. The number of pyridine rings is 1. The molecule has 11 heteroatoms. The molecule has 1 aromatic carbocycles. The van der Waals surface area contributed by atoms with Gasteiger partial charge in [-0.1, -0.05) is 5.21 Å². The lowest BCUT2D eigenvalue weighted by molar-refractivity contribution is 0.102. The van der Waals surface area contributed by atoms with Crippen molar-refractivity contribution in [2.45, 2.75) is 6.42 Å². The first kappa shape index (κ1) is 18.8. The number of amides is 1. The highest BCUT2D eigenvalue weighted by molar-refractivity contribution is 6.07. The normalized spacial score (nSPS) is 19.4. The molecule has 162 valence electrons. The second-order valence-corrected chi connectivity index (χ2v) is 8.18. The molecule has 8 nitrogen and oxygen atoms in total. The number of aromatic amines is 1. The zero-order chi connectivity index (χ0) is 22.0. The first-order valence-corrected chi connectivity index (χ1v) is 10.1. The smallest absolute Gasteiger partial charge is 0.277 e. The number of carbonyl (C=O) groups is 1. The Hall–Kier alpha value is -3.89. The van der Waals surface area contributed by atoms with E-state index in [9.17, 15) is 18.0 Å². The van der Waals surface area contributed by atoms with Gasteiger partial charge in [-0.3, -0.25) is 4.79 Å². The van der Waals surface area contributed by atoms with E-state index in [1.54, 1.807) is 0 Å². The number of benzene rings is 1. The number of H-pyrrole nitrogens is 1. The summed E-state index contributed by atoms with van der Waals surface area (Å²) >= 11 is 0. The fraction of sp³-hybridized carbons (Fsp3) is 0.238. The van der Waals surface area contributed by atoms with Gasteiger partial charge in [-0.2, -0.15) is 0 Å². The molecule has 3 aromatic heterocycles. The molecule has 4 heterocycles. The Morgan fingerprint density at radius 1 is 1.09 bits per heavy atom. The van der Waals surface area contributed by atoms with Gasteiger partial charge in [-0.05, 0) is 24.3 Å². The Labute approximate surface area is 179 Å². The predicted octanol–water partition coefficient (Wildman–Crippen LogP) is 3.27. The summed E-state index contributed by atoms with van der Waals surface area (Å²) in [7, 11) is 0. The number of nitrogens with zero attached hydrogens (tertiary/aromatic N) is 5. The first-order chi connectivity index (χ1) is 15.5. The average Bonchev–Trinajstić information content (AvgIpc) is 3.16. The molecular formula is C21H16F3N7O. The lowest BCUT2D eigenvalue weighted by atomic mass is 10.2. The van der Waals surface area contributed by atoms with Gasteiger partial charge in [0.2, 0.25) is 0 Å². The summed E-state index contributed by atoms with van der Waals surface area (Å²) in [6, 6.07) is 3.31. The maximum Gasteiger partial charge on any atom is 0.277 e. The van der Waals surface area contributed by atoms with E-state index in [2.05, 4.69) is 25.6 Å². The Morgan fingerprint density at radius 2 is 1.88 bits per heavy atom. The predicted molar refractivity (Wildman–Crippen MR) is 109 cm³/mol. The largest absolute Gasteiger partial charge is 0.359 e. The Balaban J connectivity index is 1.21. The van der Waals surface area contributed by atoms with Crippen LogP contribution >= 0.6 is 0 Å². The fourth-order valence-electron chi connectivity index (χ4n) is 4.25. The van der Waals surface area contributed by atoms with Crippen molar-refractivity contribution in [2.24, 2.45) is 11.8 Å². The van der Waals surface area contributed by atoms with E-state index in [0.29, 0.717) is 34.2 Å². The van der Waals surface area contributed by atoms with Crippen molar-refractivity contribution >= 4 is 28.3 Å². The van der Waals surface area contributed by atoms with Gasteiger partial charge < -0.3 is 15.2 Å². The summed E-state index contributed by atoms with van der Waals surface area (Å²) in [6.07, 6.45) is 5.46. The lowest BCUT2D eigenvalue weighted by Gasteiger charge is -2.19. The number of nitrogens with one attached hydrogen (secondary N) is 2. The summed E-state index contributed by atoms with van der Waals surface area (Å²) in [5.74, 6) is -1.46. The molecule has 0 spiro atoms. The summed E-state index contributed by atoms with van der Waals surface area (Å²) in [6.45, 7) is 1.65. The van der Waals surface area contributed by atoms with Crippen LogP contribution in [0, 0.1) is 29.3 Å². The molecule has 2 fully saturated rings. The van der Waals surface area contributed by atoms with Gasteiger partial charge in [0.1, 0.15) is 0 Å². The van der Waals surface area contributed by atoms with Gasteiger partial charge in [0.05, 0.1) is 29.3 Å². The number of piperidine rings is 1. The monoisotopic (exact) mass is 439 g/mol. The number of carbonyl (C=O) groups excluding carboxylic acids is 1. The molecule has 1 amide bonds. The van der Waals surface area contributed by atoms with Crippen LogP contribution in [0.3, 0.4) is 0 Å². The summed E-state index contributed by atoms with van der Waals surface area (Å²) < 4.78 is 42.8. The molecule has 0 bridgehead atoms. The van der Waals surface area contributed by atoms with E-state index < -0.39 is 23.4 Å². The quantitative estimate of drug-likeness (QED) is 0.509. The van der Waals surface area contributed by atoms with Crippen LogP contribution in [0.2, 0.25) is 0 Å². The topological polar surface area (TPSA) is 91.7 Å². The molecule has 1 saturated carbocycles. The minimum Gasteiger partial charge on any atom is -0.359 e. The van der Waals surface area contributed by atoms with Crippen LogP contribution in [0.15, 0.2) is 36.8 Å². The number of fused-ring (bicyclic) bond motifs is 2. The molecule has 32 heavy (non-hydrogen) atoms. The molecule has 4 aromatic rings. The molecule has 2 N–H and O–H groups in total. The maximum absolute atomic E-state index is 14.7. The fourth-order valence-corrected chi connectivity index (χ4v) is 4.25.